The predicted octanol–water partition coefficient (Wildman–Crippen LogP) is 4.35. The number of imidazole rings is 1. The summed E-state index contributed by atoms with van der Waals surface area (Å²) >= 11 is 0. The molecule has 3 heterocycles. The second-order valence-corrected chi connectivity index (χ2v) is 6.41. The SMILES string of the molecule is CC(C)Oc1ccc(-c2nc3n(c2-c2ccncc2)CCC3)cc1. The predicted molar refractivity (Wildman–Crippen MR) is 95.0 cm³/mol. The Morgan fingerprint density at radius 3 is 2.46 bits per heavy atom. The van der Waals surface area contributed by atoms with Crippen LogP contribution in [0.4, 0.5) is 0 Å². The Morgan fingerprint density at radius 1 is 1.00 bits per heavy atom. The number of ether oxygens (including phenoxy) is 1. The fraction of sp³-hybridized carbons (Fsp3) is 0.300. The second kappa shape index (κ2) is 6.11. The molecule has 2 aromatic heterocycles. The molecule has 0 aliphatic carbocycles. The lowest BCUT2D eigenvalue weighted by atomic mass is 10.1. The highest BCUT2D eigenvalue weighted by Gasteiger charge is 2.23. The molecule has 0 N–H and O–H groups in total. The lowest BCUT2D eigenvalue weighted by Crippen LogP contribution is -2.05. The minimum absolute atomic E-state index is 0.180. The molecule has 0 atom stereocenters. The average Bonchev–Trinajstić information content (AvgIpc) is 3.16. The van der Waals surface area contributed by atoms with Crippen LogP contribution in [0.2, 0.25) is 0 Å². The zero-order chi connectivity index (χ0) is 16.5. The van der Waals surface area contributed by atoms with Crippen molar-refractivity contribution in [1.29, 1.82) is 0 Å². The number of pyridine rings is 1. The average molecular weight is 319 g/mol. The van der Waals surface area contributed by atoms with E-state index >= 15 is 0 Å². The maximum atomic E-state index is 5.75. The van der Waals surface area contributed by atoms with E-state index in [1.54, 1.807) is 0 Å². The minimum Gasteiger partial charge on any atom is -0.491 e. The molecule has 4 rings (SSSR count). The number of rotatable bonds is 4. The molecular formula is C20H21N3O. The molecule has 4 nitrogen and oxygen atoms in total. The van der Waals surface area contributed by atoms with Crippen LogP contribution in [-0.4, -0.2) is 20.6 Å². The van der Waals surface area contributed by atoms with E-state index in [1.807, 2.05) is 38.4 Å². The van der Waals surface area contributed by atoms with Crippen molar-refractivity contribution in [2.45, 2.75) is 39.3 Å². The highest BCUT2D eigenvalue weighted by molar-refractivity contribution is 5.79. The van der Waals surface area contributed by atoms with Crippen molar-refractivity contribution >= 4 is 0 Å². The van der Waals surface area contributed by atoms with Crippen LogP contribution < -0.4 is 4.74 Å². The molecule has 1 aliphatic heterocycles. The van der Waals surface area contributed by atoms with Gasteiger partial charge in [-0.1, -0.05) is 0 Å². The van der Waals surface area contributed by atoms with Crippen molar-refractivity contribution in [1.82, 2.24) is 14.5 Å². The number of benzene rings is 1. The van der Waals surface area contributed by atoms with Gasteiger partial charge in [0, 0.05) is 36.5 Å². The number of hydrogen-bond donors (Lipinski definition) is 0. The minimum atomic E-state index is 0.180. The van der Waals surface area contributed by atoms with E-state index in [4.69, 9.17) is 9.72 Å². The van der Waals surface area contributed by atoms with Gasteiger partial charge in [0.25, 0.3) is 0 Å². The highest BCUT2D eigenvalue weighted by Crippen LogP contribution is 2.35. The normalized spacial score (nSPS) is 13.3. The van der Waals surface area contributed by atoms with Crippen LogP contribution in [-0.2, 0) is 13.0 Å². The van der Waals surface area contributed by atoms with Crippen molar-refractivity contribution in [3.05, 3.63) is 54.6 Å². The molecule has 0 fully saturated rings. The second-order valence-electron chi connectivity index (χ2n) is 6.41. The molecule has 0 saturated heterocycles. The van der Waals surface area contributed by atoms with E-state index < -0.39 is 0 Å². The maximum absolute atomic E-state index is 5.75. The lowest BCUT2D eigenvalue weighted by Gasteiger charge is -2.11. The standard InChI is InChI=1S/C20H21N3O/c1-14(2)24-17-7-5-15(6-8-17)19-20(16-9-11-21-12-10-16)23-13-3-4-18(23)22-19/h5-12,14H,3-4,13H2,1-2H3. The Morgan fingerprint density at radius 2 is 1.75 bits per heavy atom. The summed E-state index contributed by atoms with van der Waals surface area (Å²) in [6, 6.07) is 12.4. The lowest BCUT2D eigenvalue weighted by molar-refractivity contribution is 0.242. The van der Waals surface area contributed by atoms with Gasteiger partial charge in [-0.3, -0.25) is 4.98 Å². The molecule has 0 unspecified atom stereocenters. The maximum Gasteiger partial charge on any atom is 0.119 e. The van der Waals surface area contributed by atoms with Gasteiger partial charge in [0.05, 0.1) is 17.5 Å². The molecule has 0 bridgehead atoms. The van der Waals surface area contributed by atoms with Gasteiger partial charge in [0.2, 0.25) is 0 Å². The molecule has 0 radical (unpaired) electrons. The van der Waals surface area contributed by atoms with Crippen molar-refractivity contribution in [2.24, 2.45) is 0 Å². The summed E-state index contributed by atoms with van der Waals surface area (Å²) in [7, 11) is 0. The van der Waals surface area contributed by atoms with E-state index in [0.29, 0.717) is 0 Å². The zero-order valence-corrected chi connectivity index (χ0v) is 14.1. The van der Waals surface area contributed by atoms with Crippen LogP contribution >= 0.6 is 0 Å². The number of aromatic nitrogens is 3. The van der Waals surface area contributed by atoms with E-state index in [9.17, 15) is 0 Å². The third kappa shape index (κ3) is 2.68. The molecule has 24 heavy (non-hydrogen) atoms. The van der Waals surface area contributed by atoms with Crippen LogP contribution in [0, 0.1) is 0 Å². The first-order valence-corrected chi connectivity index (χ1v) is 8.49. The van der Waals surface area contributed by atoms with Crippen molar-refractivity contribution < 1.29 is 4.74 Å². The molecule has 0 saturated carbocycles. The Bertz CT molecular complexity index is 835. The summed E-state index contributed by atoms with van der Waals surface area (Å²) < 4.78 is 8.10. The first-order chi connectivity index (χ1) is 11.7. The van der Waals surface area contributed by atoms with E-state index in [0.717, 1.165) is 30.0 Å². The first kappa shape index (κ1) is 14.9. The Hall–Kier alpha value is -2.62. The highest BCUT2D eigenvalue weighted by atomic mass is 16.5. The monoisotopic (exact) mass is 319 g/mol. The smallest absolute Gasteiger partial charge is 0.119 e. The Kier molecular flexibility index (Phi) is 3.81. The van der Waals surface area contributed by atoms with E-state index in [2.05, 4.69) is 33.8 Å². The van der Waals surface area contributed by atoms with Crippen molar-refractivity contribution in [2.75, 3.05) is 0 Å². The molecule has 1 aromatic carbocycles. The van der Waals surface area contributed by atoms with Crippen LogP contribution in [0.25, 0.3) is 22.5 Å². The Balaban J connectivity index is 1.79. The molecule has 0 spiro atoms. The van der Waals surface area contributed by atoms with E-state index in [1.165, 1.54) is 23.5 Å². The zero-order valence-electron chi connectivity index (χ0n) is 14.1. The summed E-state index contributed by atoms with van der Waals surface area (Å²) in [6.45, 7) is 5.11. The van der Waals surface area contributed by atoms with Gasteiger partial charge in [-0.15, -0.1) is 0 Å². The quantitative estimate of drug-likeness (QED) is 0.718. The number of aryl methyl sites for hydroxylation is 1. The van der Waals surface area contributed by atoms with Gasteiger partial charge < -0.3 is 9.30 Å². The van der Waals surface area contributed by atoms with Gasteiger partial charge in [0.1, 0.15) is 11.6 Å². The largest absolute Gasteiger partial charge is 0.491 e. The molecule has 1 aliphatic rings. The fourth-order valence-electron chi connectivity index (χ4n) is 3.29. The van der Waals surface area contributed by atoms with Crippen LogP contribution in [0.1, 0.15) is 26.1 Å². The van der Waals surface area contributed by atoms with Gasteiger partial charge in [0.15, 0.2) is 0 Å². The summed E-state index contributed by atoms with van der Waals surface area (Å²) in [5.74, 6) is 2.07. The van der Waals surface area contributed by atoms with Crippen molar-refractivity contribution in [3.8, 4) is 28.3 Å². The van der Waals surface area contributed by atoms with Crippen molar-refractivity contribution in [3.63, 3.8) is 0 Å². The van der Waals surface area contributed by atoms with Gasteiger partial charge in [-0.25, -0.2) is 4.98 Å². The Labute approximate surface area is 142 Å². The van der Waals surface area contributed by atoms with Gasteiger partial charge >= 0.3 is 0 Å². The molecule has 122 valence electrons. The number of nitrogens with zero attached hydrogens (tertiary/aromatic N) is 3. The third-order valence-electron chi connectivity index (χ3n) is 4.28. The molecular weight excluding hydrogens is 298 g/mol. The molecule has 4 heteroatoms. The first-order valence-electron chi connectivity index (χ1n) is 8.49. The van der Waals surface area contributed by atoms with Crippen LogP contribution in [0.15, 0.2) is 48.8 Å². The summed E-state index contributed by atoms with van der Waals surface area (Å²) in [5.41, 5.74) is 4.54. The van der Waals surface area contributed by atoms with Crippen LogP contribution in [0.5, 0.6) is 5.75 Å². The summed E-state index contributed by atoms with van der Waals surface area (Å²) in [6.07, 6.45) is 6.08. The number of fused-ring (bicyclic) bond motifs is 1. The van der Waals surface area contributed by atoms with Gasteiger partial charge in [-0.05, 0) is 56.7 Å². The topological polar surface area (TPSA) is 39.9 Å². The summed E-state index contributed by atoms with van der Waals surface area (Å²) in [5, 5.41) is 0. The van der Waals surface area contributed by atoms with Crippen LogP contribution in [0.3, 0.4) is 0 Å². The fourth-order valence-corrected chi connectivity index (χ4v) is 3.29. The summed E-state index contributed by atoms with van der Waals surface area (Å²) in [4.78, 5) is 9.07. The third-order valence-corrected chi connectivity index (χ3v) is 4.28. The van der Waals surface area contributed by atoms with Gasteiger partial charge in [-0.2, -0.15) is 0 Å². The number of hydrogen-bond acceptors (Lipinski definition) is 3. The molecule has 0 amide bonds. The molecule has 3 aromatic rings. The van der Waals surface area contributed by atoms with E-state index in [-0.39, 0.29) is 6.10 Å².